The van der Waals surface area contributed by atoms with Crippen LogP contribution in [0.2, 0.25) is 0 Å². The lowest BCUT2D eigenvalue weighted by molar-refractivity contribution is 0.0940. The SMILES string of the molecule is Cc1c(CNC(=O)c2ncccn2)sc2nc(-c3ccc(F)cc3)cn12. The number of hydrogen-bond donors (Lipinski definition) is 1. The lowest BCUT2D eigenvalue weighted by Gasteiger charge is -2.03. The van der Waals surface area contributed by atoms with Crippen molar-refractivity contribution in [2.24, 2.45) is 0 Å². The third-order valence-corrected chi connectivity index (χ3v) is 5.13. The molecular weight excluding hydrogens is 353 g/mol. The van der Waals surface area contributed by atoms with Crippen molar-refractivity contribution in [2.45, 2.75) is 13.5 Å². The second-order valence-electron chi connectivity index (χ2n) is 5.65. The first-order valence-electron chi connectivity index (χ1n) is 7.90. The van der Waals surface area contributed by atoms with E-state index in [0.29, 0.717) is 6.54 Å². The molecule has 26 heavy (non-hydrogen) atoms. The number of aromatic nitrogens is 4. The fourth-order valence-corrected chi connectivity index (χ4v) is 3.62. The number of rotatable bonds is 4. The number of benzene rings is 1. The lowest BCUT2D eigenvalue weighted by Crippen LogP contribution is -2.24. The van der Waals surface area contributed by atoms with E-state index in [1.54, 1.807) is 18.2 Å². The molecule has 0 aliphatic heterocycles. The molecular formula is C18H14FN5OS. The van der Waals surface area contributed by atoms with Crippen molar-refractivity contribution >= 4 is 22.2 Å². The number of nitrogens with zero attached hydrogens (tertiary/aromatic N) is 4. The number of thiazole rings is 1. The first-order valence-corrected chi connectivity index (χ1v) is 8.72. The van der Waals surface area contributed by atoms with Crippen LogP contribution >= 0.6 is 11.3 Å². The molecule has 130 valence electrons. The van der Waals surface area contributed by atoms with E-state index < -0.39 is 0 Å². The molecule has 0 radical (unpaired) electrons. The molecule has 0 saturated carbocycles. The second-order valence-corrected chi connectivity index (χ2v) is 6.71. The van der Waals surface area contributed by atoms with Gasteiger partial charge >= 0.3 is 0 Å². The summed E-state index contributed by atoms with van der Waals surface area (Å²) in [5.41, 5.74) is 2.64. The smallest absolute Gasteiger partial charge is 0.289 e. The van der Waals surface area contributed by atoms with Crippen molar-refractivity contribution in [3.05, 3.63) is 71.1 Å². The molecule has 0 fully saturated rings. The van der Waals surface area contributed by atoms with E-state index in [0.717, 1.165) is 26.8 Å². The number of halogens is 1. The summed E-state index contributed by atoms with van der Waals surface area (Å²) in [5, 5.41) is 2.82. The highest BCUT2D eigenvalue weighted by molar-refractivity contribution is 7.17. The highest BCUT2D eigenvalue weighted by Gasteiger charge is 2.14. The summed E-state index contributed by atoms with van der Waals surface area (Å²) in [6, 6.07) is 7.91. The quantitative estimate of drug-likeness (QED) is 0.601. The third kappa shape index (κ3) is 3.06. The van der Waals surface area contributed by atoms with Crippen LogP contribution in [-0.2, 0) is 6.54 Å². The zero-order chi connectivity index (χ0) is 18.1. The number of imidazole rings is 1. The third-order valence-electron chi connectivity index (χ3n) is 3.97. The molecule has 3 aromatic heterocycles. The van der Waals surface area contributed by atoms with Crippen molar-refractivity contribution in [3.8, 4) is 11.3 Å². The van der Waals surface area contributed by atoms with E-state index in [2.05, 4.69) is 20.3 Å². The second kappa shape index (κ2) is 6.64. The van der Waals surface area contributed by atoms with Gasteiger partial charge in [0.1, 0.15) is 5.82 Å². The maximum absolute atomic E-state index is 13.1. The Morgan fingerprint density at radius 1 is 1.23 bits per heavy atom. The number of fused-ring (bicyclic) bond motifs is 1. The predicted molar refractivity (Wildman–Crippen MR) is 96.4 cm³/mol. The predicted octanol–water partition coefficient (Wildman–Crippen LogP) is 3.23. The average Bonchev–Trinajstić information content (AvgIpc) is 3.20. The number of amides is 1. The number of nitrogens with one attached hydrogen (secondary N) is 1. The van der Waals surface area contributed by atoms with Gasteiger partial charge in [-0.15, -0.1) is 0 Å². The molecule has 4 rings (SSSR count). The van der Waals surface area contributed by atoms with Gasteiger partial charge in [-0.2, -0.15) is 0 Å². The molecule has 0 aliphatic rings. The number of aryl methyl sites for hydroxylation is 1. The van der Waals surface area contributed by atoms with E-state index in [-0.39, 0.29) is 17.5 Å². The zero-order valence-electron chi connectivity index (χ0n) is 13.8. The Kier molecular flexibility index (Phi) is 4.18. The minimum atomic E-state index is -0.317. The van der Waals surface area contributed by atoms with Crippen LogP contribution in [-0.4, -0.2) is 25.3 Å². The van der Waals surface area contributed by atoms with Crippen molar-refractivity contribution < 1.29 is 9.18 Å². The molecule has 0 aliphatic carbocycles. The molecule has 1 aromatic carbocycles. The van der Waals surface area contributed by atoms with E-state index >= 15 is 0 Å². The fourth-order valence-electron chi connectivity index (χ4n) is 2.57. The van der Waals surface area contributed by atoms with Gasteiger partial charge in [-0.25, -0.2) is 19.3 Å². The molecule has 0 saturated heterocycles. The van der Waals surface area contributed by atoms with Crippen molar-refractivity contribution in [1.29, 1.82) is 0 Å². The lowest BCUT2D eigenvalue weighted by atomic mass is 10.2. The first kappa shape index (κ1) is 16.3. The zero-order valence-corrected chi connectivity index (χ0v) is 14.6. The summed E-state index contributed by atoms with van der Waals surface area (Å²) in [6.45, 7) is 2.35. The van der Waals surface area contributed by atoms with Gasteiger partial charge in [-0.1, -0.05) is 11.3 Å². The monoisotopic (exact) mass is 367 g/mol. The van der Waals surface area contributed by atoms with Crippen LogP contribution in [0.15, 0.2) is 48.9 Å². The van der Waals surface area contributed by atoms with E-state index in [1.165, 1.54) is 35.9 Å². The van der Waals surface area contributed by atoms with Crippen LogP contribution in [0.1, 0.15) is 21.2 Å². The Bertz CT molecular complexity index is 1070. The van der Waals surface area contributed by atoms with Crippen LogP contribution in [0.3, 0.4) is 0 Å². The first-order chi connectivity index (χ1) is 12.6. The van der Waals surface area contributed by atoms with E-state index in [9.17, 15) is 9.18 Å². The minimum Gasteiger partial charge on any atom is -0.344 e. The normalized spacial score (nSPS) is 11.0. The number of hydrogen-bond acceptors (Lipinski definition) is 5. The summed E-state index contributed by atoms with van der Waals surface area (Å²) in [5.74, 6) is -0.445. The summed E-state index contributed by atoms with van der Waals surface area (Å²) in [6.07, 6.45) is 4.98. The largest absolute Gasteiger partial charge is 0.344 e. The van der Waals surface area contributed by atoms with Gasteiger partial charge in [-0.3, -0.25) is 9.20 Å². The molecule has 6 nitrogen and oxygen atoms in total. The van der Waals surface area contributed by atoms with Crippen LogP contribution in [0.25, 0.3) is 16.2 Å². The van der Waals surface area contributed by atoms with Gasteiger partial charge in [0.2, 0.25) is 5.82 Å². The maximum Gasteiger partial charge on any atom is 0.289 e. The van der Waals surface area contributed by atoms with Gasteiger partial charge in [0.15, 0.2) is 4.96 Å². The Morgan fingerprint density at radius 3 is 2.65 bits per heavy atom. The molecule has 8 heteroatoms. The summed E-state index contributed by atoms with van der Waals surface area (Å²) in [7, 11) is 0. The Labute approximate surface area is 152 Å². The fraction of sp³-hybridized carbons (Fsp3) is 0.111. The van der Waals surface area contributed by atoms with Gasteiger partial charge in [0, 0.05) is 34.7 Å². The van der Waals surface area contributed by atoms with Crippen LogP contribution < -0.4 is 5.32 Å². The maximum atomic E-state index is 13.1. The molecule has 1 N–H and O–H groups in total. The standard InChI is InChI=1S/C18H14FN5OS/c1-11-15(9-22-17(25)16-20-7-2-8-21-16)26-18-23-14(10-24(11)18)12-3-5-13(19)6-4-12/h2-8,10H,9H2,1H3,(H,22,25). The molecule has 3 heterocycles. The number of carbonyl (C=O) groups is 1. The molecule has 0 bridgehead atoms. The summed E-state index contributed by atoms with van der Waals surface area (Å²) >= 11 is 1.50. The summed E-state index contributed by atoms with van der Waals surface area (Å²) < 4.78 is 15.0. The van der Waals surface area contributed by atoms with Crippen LogP contribution in [0, 0.1) is 12.7 Å². The average molecular weight is 367 g/mol. The molecule has 1 amide bonds. The molecule has 0 atom stereocenters. The highest BCUT2D eigenvalue weighted by Crippen LogP contribution is 2.27. The number of carbonyl (C=O) groups excluding carboxylic acids is 1. The van der Waals surface area contributed by atoms with E-state index in [1.807, 2.05) is 17.5 Å². The Hall–Kier alpha value is -3.13. The van der Waals surface area contributed by atoms with Gasteiger partial charge in [0.25, 0.3) is 5.91 Å². The van der Waals surface area contributed by atoms with Gasteiger partial charge in [-0.05, 0) is 37.3 Å². The van der Waals surface area contributed by atoms with Crippen LogP contribution in [0.5, 0.6) is 0 Å². The molecule has 0 unspecified atom stereocenters. The highest BCUT2D eigenvalue weighted by atomic mass is 32.1. The molecule has 4 aromatic rings. The molecule has 0 spiro atoms. The van der Waals surface area contributed by atoms with Gasteiger partial charge in [0.05, 0.1) is 12.2 Å². The Balaban J connectivity index is 1.54. The van der Waals surface area contributed by atoms with Gasteiger partial charge < -0.3 is 5.32 Å². The minimum absolute atomic E-state index is 0.144. The Morgan fingerprint density at radius 2 is 1.96 bits per heavy atom. The van der Waals surface area contributed by atoms with Crippen molar-refractivity contribution in [1.82, 2.24) is 24.7 Å². The van der Waals surface area contributed by atoms with Crippen LogP contribution in [0.4, 0.5) is 4.39 Å². The topological polar surface area (TPSA) is 72.2 Å². The van der Waals surface area contributed by atoms with E-state index in [4.69, 9.17) is 0 Å². The van der Waals surface area contributed by atoms with Crippen molar-refractivity contribution in [2.75, 3.05) is 0 Å². The van der Waals surface area contributed by atoms with Crippen molar-refractivity contribution in [3.63, 3.8) is 0 Å². The summed E-state index contributed by atoms with van der Waals surface area (Å²) in [4.78, 5) is 26.4.